The summed E-state index contributed by atoms with van der Waals surface area (Å²) in [6, 6.07) is 10.5. The second-order valence-corrected chi connectivity index (χ2v) is 7.35. The minimum absolute atomic E-state index is 0.451. The largest absolute Gasteiger partial charge is 0.340 e. The average molecular weight is 363 g/mol. The van der Waals surface area contributed by atoms with Crippen molar-refractivity contribution in [1.82, 2.24) is 14.9 Å². The number of benzene rings is 1. The van der Waals surface area contributed by atoms with Gasteiger partial charge in [-0.25, -0.2) is 14.8 Å². The zero-order valence-corrected chi connectivity index (χ0v) is 15.7. The minimum atomic E-state index is 0.451. The Balaban J connectivity index is 1.50. The van der Waals surface area contributed by atoms with Gasteiger partial charge in [0, 0.05) is 30.8 Å². The Bertz CT molecular complexity index is 855. The van der Waals surface area contributed by atoms with Gasteiger partial charge in [0.05, 0.1) is 0 Å². The predicted molar refractivity (Wildman–Crippen MR) is 107 cm³/mol. The van der Waals surface area contributed by atoms with Gasteiger partial charge in [0.2, 0.25) is 0 Å². The van der Waals surface area contributed by atoms with Crippen LogP contribution in [0.5, 0.6) is 0 Å². The summed E-state index contributed by atoms with van der Waals surface area (Å²) in [4.78, 5) is 24.9. The Hall–Kier alpha value is -2.69. The molecule has 2 aliphatic heterocycles. The number of aromatic nitrogens is 2. The van der Waals surface area contributed by atoms with Crippen LogP contribution in [0.2, 0.25) is 0 Å². The third-order valence-corrected chi connectivity index (χ3v) is 5.44. The van der Waals surface area contributed by atoms with E-state index < -0.39 is 0 Å². The van der Waals surface area contributed by atoms with Gasteiger partial charge in [-0.05, 0) is 57.0 Å². The van der Waals surface area contributed by atoms with Gasteiger partial charge < -0.3 is 10.2 Å². The molecule has 4 rings (SSSR count). The van der Waals surface area contributed by atoms with Crippen LogP contribution in [-0.2, 0) is 4.79 Å². The molecule has 1 unspecified atom stereocenters. The Labute approximate surface area is 159 Å². The smallest absolute Gasteiger partial charge is 0.146 e. The Morgan fingerprint density at radius 2 is 2.00 bits per heavy atom. The molecule has 140 valence electrons. The molecule has 0 aliphatic carbocycles. The van der Waals surface area contributed by atoms with Crippen molar-refractivity contribution in [2.45, 2.75) is 38.6 Å². The molecule has 0 spiro atoms. The second-order valence-electron chi connectivity index (χ2n) is 7.35. The van der Waals surface area contributed by atoms with Crippen LogP contribution < -0.4 is 10.2 Å². The molecule has 2 saturated heterocycles. The number of rotatable bonds is 4. The topological polar surface area (TPSA) is 61.4 Å². The molecule has 27 heavy (non-hydrogen) atoms. The number of anilines is 3. The number of likely N-dealkylation sites (tertiary alicyclic amines) is 1. The van der Waals surface area contributed by atoms with Crippen molar-refractivity contribution in [2.75, 3.05) is 29.9 Å². The Morgan fingerprint density at radius 3 is 2.78 bits per heavy atom. The molecule has 0 amide bonds. The molecule has 2 aromatic rings. The van der Waals surface area contributed by atoms with Crippen molar-refractivity contribution < 1.29 is 4.79 Å². The van der Waals surface area contributed by atoms with Gasteiger partial charge in [0.1, 0.15) is 29.6 Å². The van der Waals surface area contributed by atoms with Crippen LogP contribution in [0.25, 0.3) is 0 Å². The summed E-state index contributed by atoms with van der Waals surface area (Å²) in [5, 5.41) is 3.32. The first kappa shape index (κ1) is 17.7. The van der Waals surface area contributed by atoms with Crippen LogP contribution in [0, 0.1) is 6.92 Å². The second kappa shape index (κ2) is 7.91. The van der Waals surface area contributed by atoms with E-state index in [1.165, 1.54) is 18.4 Å². The molecule has 6 heteroatoms. The molecule has 1 N–H and O–H groups in total. The normalized spacial score (nSPS) is 20.6. The molecule has 0 radical (unpaired) electrons. The third kappa shape index (κ3) is 4.02. The van der Waals surface area contributed by atoms with Crippen LogP contribution in [0.4, 0.5) is 17.3 Å². The minimum Gasteiger partial charge on any atom is -0.340 e. The number of hydrogen-bond donors (Lipinski definition) is 1. The maximum atomic E-state index is 11.6. The molecule has 1 atom stereocenters. The fraction of sp³-hybridized carbons (Fsp3) is 0.429. The molecule has 2 fully saturated rings. The molecule has 1 aromatic carbocycles. The van der Waals surface area contributed by atoms with E-state index in [1.54, 1.807) is 6.33 Å². The molecular weight excluding hydrogens is 338 g/mol. The first-order valence-corrected chi connectivity index (χ1v) is 9.64. The van der Waals surface area contributed by atoms with Crippen LogP contribution in [0.15, 0.2) is 42.4 Å². The molecule has 1 aromatic heterocycles. The van der Waals surface area contributed by atoms with Gasteiger partial charge in [-0.3, -0.25) is 4.90 Å². The van der Waals surface area contributed by atoms with Crippen molar-refractivity contribution in [3.8, 4) is 0 Å². The summed E-state index contributed by atoms with van der Waals surface area (Å²) in [6.07, 6.45) is 5.85. The summed E-state index contributed by atoms with van der Waals surface area (Å²) < 4.78 is 0. The molecular formula is C21H25N5O. The lowest BCUT2D eigenvalue weighted by Crippen LogP contribution is -2.43. The van der Waals surface area contributed by atoms with Gasteiger partial charge in [0.25, 0.3) is 0 Å². The maximum absolute atomic E-state index is 11.6. The fourth-order valence-corrected chi connectivity index (χ4v) is 4.05. The first-order valence-electron chi connectivity index (χ1n) is 9.64. The van der Waals surface area contributed by atoms with E-state index >= 15 is 0 Å². The van der Waals surface area contributed by atoms with Gasteiger partial charge in [0.15, 0.2) is 0 Å². The monoisotopic (exact) mass is 363 g/mol. The van der Waals surface area contributed by atoms with Gasteiger partial charge in [-0.15, -0.1) is 0 Å². The van der Waals surface area contributed by atoms with Crippen molar-refractivity contribution >= 4 is 23.3 Å². The summed E-state index contributed by atoms with van der Waals surface area (Å²) in [5.41, 5.74) is 2.86. The van der Waals surface area contributed by atoms with E-state index in [-0.39, 0.29) is 0 Å². The van der Waals surface area contributed by atoms with Gasteiger partial charge >= 0.3 is 0 Å². The highest BCUT2D eigenvalue weighted by molar-refractivity contribution is 5.66. The molecule has 6 nitrogen and oxygen atoms in total. The Morgan fingerprint density at radius 1 is 1.15 bits per heavy atom. The van der Waals surface area contributed by atoms with E-state index in [0.717, 1.165) is 49.8 Å². The summed E-state index contributed by atoms with van der Waals surface area (Å²) in [5.74, 6) is 3.64. The van der Waals surface area contributed by atoms with Crippen LogP contribution in [0.1, 0.15) is 31.2 Å². The zero-order chi connectivity index (χ0) is 18.6. The van der Waals surface area contributed by atoms with E-state index in [2.05, 4.69) is 45.2 Å². The summed E-state index contributed by atoms with van der Waals surface area (Å²) in [7, 11) is 0. The number of nitrogens with zero attached hydrogens (tertiary/aromatic N) is 4. The van der Waals surface area contributed by atoms with Crippen molar-refractivity contribution in [1.29, 1.82) is 0 Å². The number of nitrogens with one attached hydrogen (secondary N) is 1. The quantitative estimate of drug-likeness (QED) is 0.841. The lowest BCUT2D eigenvalue weighted by molar-refractivity contribution is 0.219. The van der Waals surface area contributed by atoms with Crippen molar-refractivity contribution in [3.05, 3.63) is 47.9 Å². The van der Waals surface area contributed by atoms with E-state index in [9.17, 15) is 4.79 Å². The molecule has 2 aliphatic rings. The maximum Gasteiger partial charge on any atom is 0.146 e. The highest BCUT2D eigenvalue weighted by Gasteiger charge is 2.30. The third-order valence-electron chi connectivity index (χ3n) is 5.44. The van der Waals surface area contributed by atoms with Crippen LogP contribution in [0.3, 0.4) is 0 Å². The number of piperidine rings is 1. The number of carbonyl (C=O) groups excluding carboxylic acids is 1. The molecule has 0 saturated carbocycles. The highest BCUT2D eigenvalue weighted by atomic mass is 16.1. The Kier molecular flexibility index (Phi) is 5.19. The first-order chi connectivity index (χ1) is 13.2. The van der Waals surface area contributed by atoms with E-state index in [4.69, 9.17) is 0 Å². The lowest BCUT2D eigenvalue weighted by atomic mass is 10.0. The van der Waals surface area contributed by atoms with Crippen molar-refractivity contribution in [2.24, 2.45) is 0 Å². The molecule has 0 bridgehead atoms. The van der Waals surface area contributed by atoms with Gasteiger partial charge in [-0.2, -0.15) is 0 Å². The zero-order valence-electron chi connectivity index (χ0n) is 15.7. The van der Waals surface area contributed by atoms with Crippen molar-refractivity contribution in [3.63, 3.8) is 0 Å². The van der Waals surface area contributed by atoms with Gasteiger partial charge in [-0.1, -0.05) is 12.1 Å². The fourth-order valence-electron chi connectivity index (χ4n) is 4.05. The summed E-state index contributed by atoms with van der Waals surface area (Å²) >= 11 is 0. The number of hydrogen-bond acceptors (Lipinski definition) is 6. The highest BCUT2D eigenvalue weighted by Crippen LogP contribution is 2.30. The predicted octanol–water partition coefficient (Wildman–Crippen LogP) is 3.31. The summed E-state index contributed by atoms with van der Waals surface area (Å²) in [6.45, 7) is 5.14. The van der Waals surface area contributed by atoms with E-state index in [1.807, 2.05) is 23.1 Å². The standard InChI is InChI=1S/C21H25N5O/c1-16-5-4-6-17(11-16)24-20-13-21(23-15-22-20)26-10-7-18(12-19(26)14-27)25-8-2-3-9-25/h4-6,11,13,15,18H,2-3,7-10,12H2,1H3,(H,22,23,24). The lowest BCUT2D eigenvalue weighted by Gasteiger charge is -2.37. The van der Waals surface area contributed by atoms with Crippen LogP contribution >= 0.6 is 0 Å². The molecule has 3 heterocycles. The average Bonchev–Trinajstić information content (AvgIpc) is 3.22. The van der Waals surface area contributed by atoms with Crippen LogP contribution in [-0.4, -0.2) is 46.5 Å². The number of aryl methyl sites for hydroxylation is 1. The SMILES string of the molecule is Cc1cccc(Nc2cc(N3CCC(N4CCCC4)CC3=C=O)ncn2)c1. The van der Waals surface area contributed by atoms with E-state index in [0.29, 0.717) is 11.7 Å².